The number of fused-ring (bicyclic) bond motifs is 3. The molecule has 8 unspecified atom stereocenters. The summed E-state index contributed by atoms with van der Waals surface area (Å²) < 4.78 is 17.8. The Morgan fingerprint density at radius 1 is 0.971 bits per heavy atom. The highest BCUT2D eigenvalue weighted by Crippen LogP contribution is 2.60. The van der Waals surface area contributed by atoms with Crippen LogP contribution < -0.4 is 0 Å². The van der Waals surface area contributed by atoms with E-state index in [-0.39, 0.29) is 6.42 Å². The third-order valence-corrected chi connectivity index (χ3v) is 8.19. The molecule has 0 aliphatic heterocycles. The van der Waals surface area contributed by atoms with Gasteiger partial charge in [0.05, 0.1) is 12.2 Å². The Bertz CT molecular complexity index is 918. The van der Waals surface area contributed by atoms with Crippen LogP contribution in [0.2, 0.25) is 0 Å². The van der Waals surface area contributed by atoms with Gasteiger partial charge < -0.3 is 24.4 Å². The highest BCUT2D eigenvalue weighted by atomic mass is 16.6. The average Bonchev–Trinajstić information content (AvgIpc) is 2.66. The van der Waals surface area contributed by atoms with E-state index in [4.69, 9.17) is 14.2 Å². The highest BCUT2D eigenvalue weighted by Gasteiger charge is 2.64. The standard InChI is InChI=1S/C26H38O8/c1-12-11-18(31)21-22(32-14(3)27)20-13(2)17(30)9-10-26(20,8)24(34-16(5)29)23(33-15(4)28)19(12)25(21,6)7/h17-18,20-24,30-31H,2,9-11H2,1,3-8H3. The maximum Gasteiger partial charge on any atom is 0.303 e. The normalized spacial score (nSPS) is 39.3. The number of aliphatic hydroxyl groups is 2. The van der Waals surface area contributed by atoms with Gasteiger partial charge in [-0.2, -0.15) is 0 Å². The molecule has 2 fully saturated rings. The summed E-state index contributed by atoms with van der Waals surface area (Å²) in [6, 6.07) is 0. The Kier molecular flexibility index (Phi) is 7.08. The van der Waals surface area contributed by atoms with Crippen molar-refractivity contribution in [1.29, 1.82) is 0 Å². The van der Waals surface area contributed by atoms with Crippen molar-refractivity contribution < 1.29 is 38.8 Å². The van der Waals surface area contributed by atoms with Gasteiger partial charge in [0.2, 0.25) is 0 Å². The van der Waals surface area contributed by atoms with E-state index in [1.54, 1.807) is 0 Å². The Morgan fingerprint density at radius 3 is 2.06 bits per heavy atom. The third kappa shape index (κ3) is 4.31. The number of rotatable bonds is 3. The molecule has 0 saturated heterocycles. The second kappa shape index (κ2) is 9.11. The van der Waals surface area contributed by atoms with Gasteiger partial charge in [-0.15, -0.1) is 0 Å². The molecule has 0 aromatic heterocycles. The van der Waals surface area contributed by atoms with Crippen molar-refractivity contribution in [3.8, 4) is 0 Å². The van der Waals surface area contributed by atoms with Crippen LogP contribution in [0.5, 0.6) is 0 Å². The van der Waals surface area contributed by atoms with Gasteiger partial charge in [-0.05, 0) is 42.7 Å². The predicted molar refractivity (Wildman–Crippen MR) is 123 cm³/mol. The van der Waals surface area contributed by atoms with Crippen LogP contribution in [-0.4, -0.2) is 58.6 Å². The largest absolute Gasteiger partial charge is 0.461 e. The molecule has 0 aromatic rings. The Balaban J connectivity index is 2.40. The summed E-state index contributed by atoms with van der Waals surface area (Å²) in [4.78, 5) is 37.0. The van der Waals surface area contributed by atoms with E-state index in [1.807, 2.05) is 27.7 Å². The first-order valence-corrected chi connectivity index (χ1v) is 11.9. The Labute approximate surface area is 201 Å². The quantitative estimate of drug-likeness (QED) is 0.361. The van der Waals surface area contributed by atoms with Gasteiger partial charge in [0.1, 0.15) is 12.2 Å². The summed E-state index contributed by atoms with van der Waals surface area (Å²) in [7, 11) is 0. The molecule has 2 bridgehead atoms. The van der Waals surface area contributed by atoms with Gasteiger partial charge in [0, 0.05) is 38.0 Å². The van der Waals surface area contributed by atoms with Crippen molar-refractivity contribution in [2.24, 2.45) is 22.7 Å². The maximum absolute atomic E-state index is 12.4. The lowest BCUT2D eigenvalue weighted by Gasteiger charge is -2.60. The zero-order valence-corrected chi connectivity index (χ0v) is 21.2. The number of hydrogen-bond donors (Lipinski definition) is 2. The van der Waals surface area contributed by atoms with E-state index in [1.165, 1.54) is 20.8 Å². The summed E-state index contributed by atoms with van der Waals surface area (Å²) in [6.07, 6.45) is -3.30. The van der Waals surface area contributed by atoms with E-state index in [2.05, 4.69) is 6.58 Å². The second-order valence-corrected chi connectivity index (χ2v) is 11.0. The molecule has 2 N–H and O–H groups in total. The summed E-state index contributed by atoms with van der Waals surface area (Å²) in [5, 5.41) is 22.1. The number of esters is 3. The van der Waals surface area contributed by atoms with Crippen molar-refractivity contribution in [2.75, 3.05) is 0 Å². The second-order valence-electron chi connectivity index (χ2n) is 11.0. The first-order valence-electron chi connectivity index (χ1n) is 11.9. The fourth-order valence-corrected chi connectivity index (χ4v) is 7.04. The summed E-state index contributed by atoms with van der Waals surface area (Å²) in [5.41, 5.74) is 0.356. The zero-order chi connectivity index (χ0) is 25.7. The van der Waals surface area contributed by atoms with E-state index in [9.17, 15) is 24.6 Å². The van der Waals surface area contributed by atoms with Crippen LogP contribution in [0.25, 0.3) is 0 Å². The Morgan fingerprint density at radius 2 is 1.53 bits per heavy atom. The maximum atomic E-state index is 12.4. The van der Waals surface area contributed by atoms with Crippen molar-refractivity contribution in [1.82, 2.24) is 0 Å². The van der Waals surface area contributed by atoms with Gasteiger partial charge in [0.25, 0.3) is 0 Å². The van der Waals surface area contributed by atoms with E-state index in [0.717, 1.165) is 11.1 Å². The summed E-state index contributed by atoms with van der Waals surface area (Å²) in [5.74, 6) is -2.80. The summed E-state index contributed by atoms with van der Waals surface area (Å²) in [6.45, 7) is 15.7. The molecule has 3 aliphatic rings. The highest BCUT2D eigenvalue weighted by molar-refractivity contribution is 5.68. The number of ether oxygens (including phenoxy) is 3. The van der Waals surface area contributed by atoms with Crippen molar-refractivity contribution in [3.05, 3.63) is 23.3 Å². The van der Waals surface area contributed by atoms with Crippen molar-refractivity contribution in [3.63, 3.8) is 0 Å². The molecular weight excluding hydrogens is 440 g/mol. The van der Waals surface area contributed by atoms with E-state index < -0.39 is 71.1 Å². The van der Waals surface area contributed by atoms with Crippen LogP contribution in [-0.2, 0) is 28.6 Å². The lowest BCUT2D eigenvalue weighted by Crippen LogP contribution is -2.65. The minimum atomic E-state index is -0.915. The Hall–Kier alpha value is -2.19. The van der Waals surface area contributed by atoms with E-state index in [0.29, 0.717) is 18.4 Å². The van der Waals surface area contributed by atoms with Crippen molar-refractivity contribution in [2.45, 2.75) is 98.2 Å². The molecule has 8 nitrogen and oxygen atoms in total. The third-order valence-electron chi connectivity index (χ3n) is 8.19. The lowest BCUT2D eigenvalue weighted by molar-refractivity contribution is -0.207. The van der Waals surface area contributed by atoms with Gasteiger partial charge in [-0.1, -0.05) is 32.9 Å². The topological polar surface area (TPSA) is 119 Å². The zero-order valence-electron chi connectivity index (χ0n) is 21.2. The first-order chi connectivity index (χ1) is 15.6. The number of hydrogen-bond acceptors (Lipinski definition) is 8. The molecule has 190 valence electrons. The molecule has 3 rings (SSSR count). The van der Waals surface area contributed by atoms with Crippen molar-refractivity contribution >= 4 is 17.9 Å². The molecular formula is C26H38O8. The van der Waals surface area contributed by atoms with Crippen LogP contribution in [0, 0.1) is 22.7 Å². The van der Waals surface area contributed by atoms with E-state index >= 15 is 0 Å². The number of carbonyl (C=O) groups excluding carboxylic acids is 3. The molecule has 3 aliphatic carbocycles. The van der Waals surface area contributed by atoms with Crippen LogP contribution >= 0.6 is 0 Å². The first kappa shape index (κ1) is 26.4. The molecule has 0 spiro atoms. The predicted octanol–water partition coefficient (Wildman–Crippen LogP) is 2.85. The average molecular weight is 479 g/mol. The number of aliphatic hydroxyl groups excluding tert-OH is 2. The molecule has 0 aromatic carbocycles. The summed E-state index contributed by atoms with van der Waals surface area (Å²) >= 11 is 0. The SMILES string of the molecule is C=C1C(O)CCC2(C)C(OC(C)=O)C(OC(C)=O)C3=C(C)CC(O)C(C(OC(C)=O)C12)C3(C)C. The van der Waals surface area contributed by atoms with Gasteiger partial charge in [-0.25, -0.2) is 0 Å². The smallest absolute Gasteiger partial charge is 0.303 e. The number of carbonyl (C=O) groups is 3. The lowest BCUT2D eigenvalue weighted by atomic mass is 9.49. The fraction of sp³-hybridized carbons (Fsp3) is 0.731. The molecule has 0 heterocycles. The van der Waals surface area contributed by atoms with Crippen LogP contribution in [0.3, 0.4) is 0 Å². The molecule has 8 atom stereocenters. The minimum Gasteiger partial charge on any atom is -0.461 e. The molecule has 0 radical (unpaired) electrons. The van der Waals surface area contributed by atoms with Crippen LogP contribution in [0.4, 0.5) is 0 Å². The molecule has 8 heteroatoms. The van der Waals surface area contributed by atoms with Crippen LogP contribution in [0.1, 0.15) is 67.7 Å². The van der Waals surface area contributed by atoms with Gasteiger partial charge in [-0.3, -0.25) is 14.4 Å². The molecule has 2 saturated carbocycles. The van der Waals surface area contributed by atoms with Gasteiger partial charge >= 0.3 is 17.9 Å². The molecule has 34 heavy (non-hydrogen) atoms. The van der Waals surface area contributed by atoms with Gasteiger partial charge in [0.15, 0.2) is 6.10 Å². The molecule has 0 amide bonds. The minimum absolute atomic E-state index is 0.282. The monoisotopic (exact) mass is 478 g/mol. The van der Waals surface area contributed by atoms with Crippen LogP contribution in [0.15, 0.2) is 23.3 Å². The fourth-order valence-electron chi connectivity index (χ4n) is 7.04.